The van der Waals surface area contributed by atoms with Crippen molar-refractivity contribution < 1.29 is 35.5 Å². The van der Waals surface area contributed by atoms with Crippen LogP contribution in [0.3, 0.4) is 0 Å². The SMILES string of the molecule is CC(C)(Oc1c(Cl)cc(F)cc1C(F)(F)F)C(=O)N[C@H]1C[C@H]2CC[C@@H](C1)N2c1ccc(S(N)(=O)=O)cn1. The first-order valence-electron chi connectivity index (χ1n) is 11.4. The highest BCUT2D eigenvalue weighted by atomic mass is 35.5. The van der Waals surface area contributed by atoms with Crippen LogP contribution in [0.5, 0.6) is 5.75 Å². The zero-order chi connectivity index (χ0) is 27.3. The van der Waals surface area contributed by atoms with Crippen molar-refractivity contribution in [3.8, 4) is 5.75 Å². The normalized spacial score (nSPS) is 22.2. The predicted molar refractivity (Wildman–Crippen MR) is 127 cm³/mol. The van der Waals surface area contributed by atoms with E-state index in [4.69, 9.17) is 21.5 Å². The van der Waals surface area contributed by atoms with Crippen LogP contribution in [0, 0.1) is 5.82 Å². The van der Waals surface area contributed by atoms with Crippen LogP contribution < -0.4 is 20.1 Å². The fourth-order valence-electron chi connectivity index (χ4n) is 4.90. The van der Waals surface area contributed by atoms with E-state index in [1.165, 1.54) is 26.1 Å². The number of primary sulfonamides is 1. The van der Waals surface area contributed by atoms with Crippen LogP contribution in [0.2, 0.25) is 5.02 Å². The van der Waals surface area contributed by atoms with Gasteiger partial charge in [0.15, 0.2) is 11.4 Å². The minimum Gasteiger partial charge on any atom is -0.476 e. The molecule has 3 N–H and O–H groups in total. The van der Waals surface area contributed by atoms with Gasteiger partial charge in [-0.2, -0.15) is 13.2 Å². The number of nitrogens with one attached hydrogen (secondary N) is 1. The minimum absolute atomic E-state index is 0.0179. The Balaban J connectivity index is 1.46. The Bertz CT molecular complexity index is 1290. The second-order valence-electron chi connectivity index (χ2n) is 9.71. The molecule has 2 bridgehead atoms. The number of hydrogen-bond donors (Lipinski definition) is 2. The number of pyridine rings is 1. The van der Waals surface area contributed by atoms with Crippen molar-refractivity contribution in [3.63, 3.8) is 0 Å². The predicted octanol–water partition coefficient (Wildman–Crippen LogP) is 4.01. The minimum atomic E-state index is -4.94. The van der Waals surface area contributed by atoms with E-state index in [0.717, 1.165) is 12.8 Å². The van der Waals surface area contributed by atoms with Gasteiger partial charge in [0.25, 0.3) is 5.91 Å². The summed E-state index contributed by atoms with van der Waals surface area (Å²) in [5, 5.41) is 7.40. The van der Waals surface area contributed by atoms with Crippen LogP contribution in [0.1, 0.15) is 45.1 Å². The Kier molecular flexibility index (Phi) is 7.10. The third kappa shape index (κ3) is 5.78. The van der Waals surface area contributed by atoms with Crippen LogP contribution in [-0.4, -0.2) is 43.0 Å². The lowest BCUT2D eigenvalue weighted by Crippen LogP contribution is -2.55. The molecule has 3 heterocycles. The number of ether oxygens (including phenoxy) is 1. The standard InChI is InChI=1S/C23H25ClF4N4O4S/c1-22(2,36-20-17(23(26,27)28)7-12(25)8-18(20)24)21(33)31-13-9-14-3-4-15(10-13)32(14)19-6-5-16(11-30-19)37(29,34)35/h5-8,11,13-15H,3-4,9-10H2,1-2H3,(H,31,33)(H2,29,34,35)/t13-,14+,15-. The van der Waals surface area contributed by atoms with Crippen LogP contribution in [0.25, 0.3) is 0 Å². The van der Waals surface area contributed by atoms with Crippen molar-refractivity contribution >= 4 is 33.3 Å². The van der Waals surface area contributed by atoms with E-state index in [9.17, 15) is 30.8 Å². The van der Waals surface area contributed by atoms with Crippen molar-refractivity contribution in [2.24, 2.45) is 5.14 Å². The first-order chi connectivity index (χ1) is 17.1. The number of alkyl halides is 3. The highest BCUT2D eigenvalue weighted by Crippen LogP contribution is 2.43. The number of piperidine rings is 1. The molecule has 37 heavy (non-hydrogen) atoms. The number of rotatable bonds is 6. The number of nitrogens with zero attached hydrogens (tertiary/aromatic N) is 2. The Morgan fingerprint density at radius 1 is 1.19 bits per heavy atom. The maximum absolute atomic E-state index is 13.6. The second kappa shape index (κ2) is 9.59. The van der Waals surface area contributed by atoms with E-state index in [-0.39, 0.29) is 29.1 Å². The largest absolute Gasteiger partial charge is 0.476 e. The maximum atomic E-state index is 13.6. The van der Waals surface area contributed by atoms with Crippen molar-refractivity contribution in [3.05, 3.63) is 46.9 Å². The third-order valence-corrected chi connectivity index (χ3v) is 7.78. The molecule has 2 aliphatic heterocycles. The molecular weight excluding hydrogens is 540 g/mol. The number of amides is 1. The molecule has 1 aromatic carbocycles. The summed E-state index contributed by atoms with van der Waals surface area (Å²) >= 11 is 5.85. The van der Waals surface area contributed by atoms with Crippen LogP contribution >= 0.6 is 11.6 Å². The van der Waals surface area contributed by atoms with E-state index >= 15 is 0 Å². The molecule has 3 atom stereocenters. The summed E-state index contributed by atoms with van der Waals surface area (Å²) < 4.78 is 82.4. The number of fused-ring (bicyclic) bond motifs is 2. The molecule has 2 aromatic rings. The number of hydrogen-bond acceptors (Lipinski definition) is 6. The molecule has 1 amide bonds. The Morgan fingerprint density at radius 3 is 2.32 bits per heavy atom. The lowest BCUT2D eigenvalue weighted by atomic mass is 9.96. The molecule has 1 aromatic heterocycles. The lowest BCUT2D eigenvalue weighted by Gasteiger charge is -2.41. The molecule has 0 aliphatic carbocycles. The number of sulfonamides is 1. The zero-order valence-corrected chi connectivity index (χ0v) is 21.4. The molecule has 0 spiro atoms. The van der Waals surface area contributed by atoms with Gasteiger partial charge in [-0.3, -0.25) is 4.79 Å². The molecule has 2 aliphatic rings. The zero-order valence-electron chi connectivity index (χ0n) is 19.9. The molecule has 8 nitrogen and oxygen atoms in total. The van der Waals surface area contributed by atoms with E-state index in [1.54, 1.807) is 6.07 Å². The smallest absolute Gasteiger partial charge is 0.420 e. The summed E-state index contributed by atoms with van der Waals surface area (Å²) in [7, 11) is -3.87. The van der Waals surface area contributed by atoms with Gasteiger partial charge >= 0.3 is 6.18 Å². The number of nitrogens with two attached hydrogens (primary N) is 1. The summed E-state index contributed by atoms with van der Waals surface area (Å²) in [4.78, 5) is 19.3. The average molecular weight is 565 g/mol. The van der Waals surface area contributed by atoms with Crippen LogP contribution in [0.4, 0.5) is 23.4 Å². The van der Waals surface area contributed by atoms with Gasteiger partial charge in [0.05, 0.1) is 5.02 Å². The van der Waals surface area contributed by atoms with E-state index in [0.29, 0.717) is 24.7 Å². The molecule has 0 saturated carbocycles. The number of anilines is 1. The summed E-state index contributed by atoms with van der Waals surface area (Å²) in [6, 6.07) is 3.70. The number of aromatic nitrogens is 1. The Morgan fingerprint density at radius 2 is 1.81 bits per heavy atom. The van der Waals surface area contributed by atoms with Gasteiger partial charge in [-0.05, 0) is 63.8 Å². The van der Waals surface area contributed by atoms with Crippen LogP contribution in [-0.2, 0) is 21.0 Å². The fraction of sp³-hybridized carbons (Fsp3) is 0.478. The number of carbonyl (C=O) groups is 1. The lowest BCUT2D eigenvalue weighted by molar-refractivity contribution is -0.144. The monoisotopic (exact) mass is 564 g/mol. The van der Waals surface area contributed by atoms with Gasteiger partial charge < -0.3 is 15.0 Å². The van der Waals surface area contributed by atoms with E-state index < -0.39 is 49.9 Å². The Labute approximate surface area is 216 Å². The quantitative estimate of drug-likeness (QED) is 0.512. The number of benzene rings is 1. The summed E-state index contributed by atoms with van der Waals surface area (Å²) in [5.41, 5.74) is -3.16. The molecule has 2 fully saturated rings. The highest BCUT2D eigenvalue weighted by molar-refractivity contribution is 7.89. The van der Waals surface area contributed by atoms with Gasteiger partial charge in [0.1, 0.15) is 22.1 Å². The molecule has 2 saturated heterocycles. The van der Waals surface area contributed by atoms with Crippen molar-refractivity contribution in [1.82, 2.24) is 10.3 Å². The summed E-state index contributed by atoms with van der Waals surface area (Å²) in [5.74, 6) is -2.05. The molecule has 0 unspecified atom stereocenters. The first-order valence-corrected chi connectivity index (χ1v) is 13.3. The van der Waals surface area contributed by atoms with Gasteiger partial charge in [-0.1, -0.05) is 11.6 Å². The van der Waals surface area contributed by atoms with E-state index in [2.05, 4.69) is 15.2 Å². The molecular formula is C23H25ClF4N4O4S. The van der Waals surface area contributed by atoms with Crippen molar-refractivity contribution in [1.29, 1.82) is 0 Å². The summed E-state index contributed by atoms with van der Waals surface area (Å²) in [6.45, 7) is 2.62. The summed E-state index contributed by atoms with van der Waals surface area (Å²) in [6.07, 6.45) is -0.997. The van der Waals surface area contributed by atoms with Crippen LogP contribution in [0.15, 0.2) is 35.4 Å². The van der Waals surface area contributed by atoms with Crippen molar-refractivity contribution in [2.75, 3.05) is 4.90 Å². The molecule has 0 radical (unpaired) electrons. The molecule has 4 rings (SSSR count). The number of halogens is 5. The van der Waals surface area contributed by atoms with Gasteiger partial charge in [0.2, 0.25) is 10.0 Å². The molecule has 14 heteroatoms. The maximum Gasteiger partial charge on any atom is 0.420 e. The van der Waals surface area contributed by atoms with Gasteiger partial charge in [0, 0.05) is 24.3 Å². The topological polar surface area (TPSA) is 115 Å². The average Bonchev–Trinajstić information content (AvgIpc) is 3.04. The fourth-order valence-corrected chi connectivity index (χ4v) is 5.60. The third-order valence-electron chi connectivity index (χ3n) is 6.60. The van der Waals surface area contributed by atoms with Gasteiger partial charge in [-0.15, -0.1) is 0 Å². The molecule has 202 valence electrons. The van der Waals surface area contributed by atoms with Gasteiger partial charge in [-0.25, -0.2) is 22.9 Å². The number of carbonyl (C=O) groups excluding carboxylic acids is 1. The van der Waals surface area contributed by atoms with E-state index in [1.807, 2.05) is 0 Å². The second-order valence-corrected chi connectivity index (χ2v) is 11.7. The van der Waals surface area contributed by atoms with Crippen molar-refractivity contribution in [2.45, 2.75) is 74.3 Å². The highest BCUT2D eigenvalue weighted by Gasteiger charge is 2.44. The Hall–Kier alpha value is -2.64. The first kappa shape index (κ1) is 27.4.